The summed E-state index contributed by atoms with van der Waals surface area (Å²) in [6, 6.07) is 4.58. The fourth-order valence-corrected chi connectivity index (χ4v) is 1.71. The highest BCUT2D eigenvalue weighted by molar-refractivity contribution is 5.94. The SMILES string of the molecule is C=C/C=C/C(O)/C(O)=C\Cc1cccc(O)c1C(=O)OC. The molecule has 3 N–H and O–H groups in total. The highest BCUT2D eigenvalue weighted by atomic mass is 16.5. The van der Waals surface area contributed by atoms with Gasteiger partial charge >= 0.3 is 5.97 Å². The first-order valence-corrected chi connectivity index (χ1v) is 6.26. The van der Waals surface area contributed by atoms with E-state index in [-0.39, 0.29) is 23.5 Å². The van der Waals surface area contributed by atoms with Crippen molar-refractivity contribution in [3.63, 3.8) is 0 Å². The monoisotopic (exact) mass is 290 g/mol. The molecule has 0 aliphatic rings. The van der Waals surface area contributed by atoms with Gasteiger partial charge in [0.25, 0.3) is 0 Å². The Morgan fingerprint density at radius 3 is 2.81 bits per heavy atom. The Hall–Kier alpha value is -2.53. The number of esters is 1. The number of allylic oxidation sites excluding steroid dienone is 3. The molecule has 0 spiro atoms. The fourth-order valence-electron chi connectivity index (χ4n) is 1.71. The van der Waals surface area contributed by atoms with Crippen LogP contribution in [0.3, 0.4) is 0 Å². The van der Waals surface area contributed by atoms with E-state index in [1.54, 1.807) is 12.1 Å². The van der Waals surface area contributed by atoms with Crippen LogP contribution in [0.5, 0.6) is 5.75 Å². The minimum absolute atomic E-state index is 0.0418. The summed E-state index contributed by atoms with van der Waals surface area (Å²) in [6.07, 6.45) is 4.71. The number of benzene rings is 1. The number of ether oxygens (including phenoxy) is 1. The molecule has 0 fully saturated rings. The molecule has 0 heterocycles. The molecule has 21 heavy (non-hydrogen) atoms. The van der Waals surface area contributed by atoms with Gasteiger partial charge in [-0.2, -0.15) is 0 Å². The molecule has 5 nitrogen and oxygen atoms in total. The molecular weight excluding hydrogens is 272 g/mol. The molecule has 1 unspecified atom stereocenters. The maximum Gasteiger partial charge on any atom is 0.341 e. The zero-order valence-corrected chi connectivity index (χ0v) is 11.7. The van der Waals surface area contributed by atoms with Crippen molar-refractivity contribution in [2.75, 3.05) is 7.11 Å². The molecule has 0 aromatic heterocycles. The van der Waals surface area contributed by atoms with Crippen LogP contribution in [0.1, 0.15) is 15.9 Å². The lowest BCUT2D eigenvalue weighted by molar-refractivity contribution is 0.0596. The van der Waals surface area contributed by atoms with Crippen LogP contribution in [0.25, 0.3) is 0 Å². The lowest BCUT2D eigenvalue weighted by Crippen LogP contribution is -2.08. The molecule has 0 saturated heterocycles. The van der Waals surface area contributed by atoms with Crippen molar-refractivity contribution < 1.29 is 24.9 Å². The molecule has 0 aliphatic carbocycles. The van der Waals surface area contributed by atoms with Gasteiger partial charge in [0.05, 0.1) is 7.11 Å². The number of hydrogen-bond acceptors (Lipinski definition) is 5. The number of carbonyl (C=O) groups excluding carboxylic acids is 1. The van der Waals surface area contributed by atoms with Crippen molar-refractivity contribution >= 4 is 5.97 Å². The Bertz CT molecular complexity index is 572. The van der Waals surface area contributed by atoms with Gasteiger partial charge < -0.3 is 20.1 Å². The molecule has 1 atom stereocenters. The lowest BCUT2D eigenvalue weighted by Gasteiger charge is -2.09. The van der Waals surface area contributed by atoms with Gasteiger partial charge in [-0.25, -0.2) is 4.79 Å². The number of aliphatic hydroxyl groups excluding tert-OH is 2. The van der Waals surface area contributed by atoms with Crippen LogP contribution in [0.15, 0.2) is 54.8 Å². The molecule has 1 aromatic carbocycles. The van der Waals surface area contributed by atoms with Crippen LogP contribution >= 0.6 is 0 Å². The number of aromatic hydroxyl groups is 1. The minimum atomic E-state index is -1.15. The minimum Gasteiger partial charge on any atom is -0.510 e. The predicted molar refractivity (Wildman–Crippen MR) is 79.2 cm³/mol. The predicted octanol–water partition coefficient (Wildman–Crippen LogP) is 2.27. The molecule has 1 aromatic rings. The second-order valence-corrected chi connectivity index (χ2v) is 4.20. The Balaban J connectivity index is 2.98. The third-order valence-corrected chi connectivity index (χ3v) is 2.78. The van der Waals surface area contributed by atoms with Gasteiger partial charge in [0.2, 0.25) is 0 Å². The van der Waals surface area contributed by atoms with E-state index < -0.39 is 12.1 Å². The standard InChI is InChI=1S/C16H18O5/c1-3-4-7-12(17)13(18)10-9-11-6-5-8-14(19)15(11)16(20)21-2/h3-8,10,12,17-19H,1,9H2,2H3/b7-4+,13-10+. The number of hydrogen-bond donors (Lipinski definition) is 3. The first kappa shape index (κ1) is 16.5. The van der Waals surface area contributed by atoms with Gasteiger partial charge in [-0.3, -0.25) is 0 Å². The molecule has 5 heteroatoms. The van der Waals surface area contributed by atoms with Crippen LogP contribution in [0.4, 0.5) is 0 Å². The molecular formula is C16H18O5. The van der Waals surface area contributed by atoms with Gasteiger partial charge in [-0.1, -0.05) is 30.9 Å². The van der Waals surface area contributed by atoms with Crippen LogP contribution in [-0.2, 0) is 11.2 Å². The van der Waals surface area contributed by atoms with E-state index in [1.807, 2.05) is 0 Å². The molecule has 0 amide bonds. The number of carbonyl (C=O) groups is 1. The summed E-state index contributed by atoms with van der Waals surface area (Å²) in [6.45, 7) is 3.46. The van der Waals surface area contributed by atoms with E-state index in [2.05, 4.69) is 11.3 Å². The zero-order valence-electron chi connectivity index (χ0n) is 11.7. The summed E-state index contributed by atoms with van der Waals surface area (Å²) in [7, 11) is 1.22. The average Bonchev–Trinajstić information content (AvgIpc) is 2.49. The van der Waals surface area contributed by atoms with Crippen LogP contribution in [-0.4, -0.2) is 34.5 Å². The summed E-state index contributed by atoms with van der Waals surface area (Å²) in [5.41, 5.74) is 0.522. The number of methoxy groups -OCH3 is 1. The first-order valence-electron chi connectivity index (χ1n) is 6.26. The van der Waals surface area contributed by atoms with Crippen LogP contribution < -0.4 is 0 Å². The Morgan fingerprint density at radius 2 is 2.19 bits per heavy atom. The number of aliphatic hydroxyl groups is 2. The highest BCUT2D eigenvalue weighted by Crippen LogP contribution is 2.23. The van der Waals surface area contributed by atoms with E-state index >= 15 is 0 Å². The average molecular weight is 290 g/mol. The van der Waals surface area contributed by atoms with Gasteiger partial charge in [-0.05, 0) is 30.2 Å². The fraction of sp³-hybridized carbons (Fsp3) is 0.188. The Kier molecular flexibility index (Phi) is 6.23. The van der Waals surface area contributed by atoms with Crippen molar-refractivity contribution in [3.05, 3.63) is 66.0 Å². The molecule has 0 radical (unpaired) electrons. The molecule has 0 aliphatic heterocycles. The quantitative estimate of drug-likeness (QED) is 0.425. The van der Waals surface area contributed by atoms with E-state index in [0.717, 1.165) is 0 Å². The second kappa shape index (κ2) is 7.91. The van der Waals surface area contributed by atoms with Gasteiger partial charge in [0.15, 0.2) is 0 Å². The first-order chi connectivity index (χ1) is 10.0. The van der Waals surface area contributed by atoms with Gasteiger partial charge in [-0.15, -0.1) is 0 Å². The third kappa shape index (κ3) is 4.50. The molecule has 0 saturated carbocycles. The Morgan fingerprint density at radius 1 is 1.48 bits per heavy atom. The molecule has 1 rings (SSSR count). The second-order valence-electron chi connectivity index (χ2n) is 4.20. The van der Waals surface area contributed by atoms with E-state index in [4.69, 9.17) is 0 Å². The van der Waals surface area contributed by atoms with Crippen LogP contribution in [0, 0.1) is 0 Å². The smallest absolute Gasteiger partial charge is 0.341 e. The maximum absolute atomic E-state index is 11.6. The summed E-state index contributed by atoms with van der Waals surface area (Å²) < 4.78 is 4.61. The number of rotatable bonds is 6. The molecule has 0 bridgehead atoms. The largest absolute Gasteiger partial charge is 0.510 e. The van der Waals surface area contributed by atoms with E-state index in [0.29, 0.717) is 5.56 Å². The van der Waals surface area contributed by atoms with Crippen molar-refractivity contribution in [2.24, 2.45) is 0 Å². The summed E-state index contributed by atoms with van der Waals surface area (Å²) in [4.78, 5) is 11.6. The number of phenolic OH excluding ortho intramolecular Hbond substituents is 1. The summed E-state index contributed by atoms with van der Waals surface area (Å²) in [5.74, 6) is -1.12. The van der Waals surface area contributed by atoms with Crippen molar-refractivity contribution in [1.82, 2.24) is 0 Å². The van der Waals surface area contributed by atoms with Gasteiger partial charge in [0.1, 0.15) is 23.2 Å². The summed E-state index contributed by atoms with van der Waals surface area (Å²) >= 11 is 0. The zero-order chi connectivity index (χ0) is 15.8. The van der Waals surface area contributed by atoms with Gasteiger partial charge in [0, 0.05) is 0 Å². The third-order valence-electron chi connectivity index (χ3n) is 2.78. The van der Waals surface area contributed by atoms with E-state index in [9.17, 15) is 20.1 Å². The van der Waals surface area contributed by atoms with Crippen LogP contribution in [0.2, 0.25) is 0 Å². The maximum atomic E-state index is 11.6. The van der Waals surface area contributed by atoms with Crippen molar-refractivity contribution in [2.45, 2.75) is 12.5 Å². The Labute approximate surface area is 123 Å². The number of phenols is 1. The van der Waals surface area contributed by atoms with Crippen molar-refractivity contribution in [3.8, 4) is 5.75 Å². The lowest BCUT2D eigenvalue weighted by atomic mass is 10.0. The van der Waals surface area contributed by atoms with E-state index in [1.165, 1.54) is 37.5 Å². The summed E-state index contributed by atoms with van der Waals surface area (Å²) in [5, 5.41) is 29.0. The molecule has 112 valence electrons. The van der Waals surface area contributed by atoms with Crippen molar-refractivity contribution in [1.29, 1.82) is 0 Å². The highest BCUT2D eigenvalue weighted by Gasteiger charge is 2.16. The topological polar surface area (TPSA) is 87.0 Å². The normalized spacial score (nSPS) is 13.1.